The minimum absolute atomic E-state index is 0.00468. The van der Waals surface area contributed by atoms with Crippen LogP contribution in [0.2, 0.25) is 0 Å². The summed E-state index contributed by atoms with van der Waals surface area (Å²) in [6, 6.07) is 7.76. The molecule has 3 nitrogen and oxygen atoms in total. The number of ether oxygens (including phenoxy) is 1. The monoisotopic (exact) mass is 249 g/mol. The highest BCUT2D eigenvalue weighted by molar-refractivity contribution is 5.77. The van der Waals surface area contributed by atoms with Gasteiger partial charge in [0, 0.05) is 6.42 Å². The standard InChI is InChI=1S/C15H23NO2/c1-11(16-14(17)10-15(2,3)4)12-7-6-8-13(9-12)18-5/h6-9,11H,10H2,1-5H3,(H,16,17). The van der Waals surface area contributed by atoms with Crippen LogP contribution in [0.4, 0.5) is 0 Å². The van der Waals surface area contributed by atoms with Crippen molar-refractivity contribution in [3.05, 3.63) is 29.8 Å². The number of benzene rings is 1. The van der Waals surface area contributed by atoms with Crippen LogP contribution >= 0.6 is 0 Å². The van der Waals surface area contributed by atoms with Crippen LogP contribution in [0.1, 0.15) is 45.7 Å². The molecule has 1 N–H and O–H groups in total. The first-order valence-electron chi connectivity index (χ1n) is 6.25. The van der Waals surface area contributed by atoms with E-state index >= 15 is 0 Å². The number of rotatable bonds is 4. The molecule has 0 aliphatic heterocycles. The highest BCUT2D eigenvalue weighted by Crippen LogP contribution is 2.21. The molecule has 0 aliphatic rings. The van der Waals surface area contributed by atoms with Gasteiger partial charge in [-0.25, -0.2) is 0 Å². The maximum Gasteiger partial charge on any atom is 0.220 e. The summed E-state index contributed by atoms with van der Waals surface area (Å²) in [5.74, 6) is 0.891. The minimum atomic E-state index is -0.00468. The molecule has 0 heterocycles. The molecular weight excluding hydrogens is 226 g/mol. The Labute approximate surface area is 110 Å². The van der Waals surface area contributed by atoms with E-state index in [1.807, 2.05) is 31.2 Å². The molecular formula is C15H23NO2. The van der Waals surface area contributed by atoms with Crippen molar-refractivity contribution in [1.82, 2.24) is 5.32 Å². The Bertz CT molecular complexity index is 407. The average molecular weight is 249 g/mol. The van der Waals surface area contributed by atoms with Gasteiger partial charge < -0.3 is 10.1 Å². The Balaban J connectivity index is 2.64. The summed E-state index contributed by atoms with van der Waals surface area (Å²) in [5, 5.41) is 3.01. The van der Waals surface area contributed by atoms with Gasteiger partial charge in [-0.3, -0.25) is 4.79 Å². The van der Waals surface area contributed by atoms with Gasteiger partial charge in [0.25, 0.3) is 0 Å². The molecule has 1 atom stereocenters. The number of amides is 1. The van der Waals surface area contributed by atoms with Crippen LogP contribution in [-0.2, 0) is 4.79 Å². The molecule has 18 heavy (non-hydrogen) atoms. The predicted molar refractivity (Wildman–Crippen MR) is 73.6 cm³/mol. The summed E-state index contributed by atoms with van der Waals surface area (Å²) >= 11 is 0. The van der Waals surface area contributed by atoms with E-state index in [1.165, 1.54) is 0 Å². The zero-order chi connectivity index (χ0) is 13.8. The maximum absolute atomic E-state index is 11.9. The Hall–Kier alpha value is -1.51. The molecule has 0 aromatic heterocycles. The van der Waals surface area contributed by atoms with Crippen molar-refractivity contribution in [2.45, 2.75) is 40.2 Å². The van der Waals surface area contributed by atoms with E-state index in [9.17, 15) is 4.79 Å². The Kier molecular flexibility index (Phi) is 4.76. The minimum Gasteiger partial charge on any atom is -0.497 e. The number of nitrogens with one attached hydrogen (secondary N) is 1. The van der Waals surface area contributed by atoms with Gasteiger partial charge in [-0.15, -0.1) is 0 Å². The quantitative estimate of drug-likeness (QED) is 0.889. The molecule has 0 bridgehead atoms. The SMILES string of the molecule is COc1cccc(C(C)NC(=O)CC(C)(C)C)c1. The largest absolute Gasteiger partial charge is 0.497 e. The smallest absolute Gasteiger partial charge is 0.220 e. The van der Waals surface area contributed by atoms with E-state index in [4.69, 9.17) is 4.74 Å². The number of methoxy groups -OCH3 is 1. The molecule has 100 valence electrons. The second-order valence-corrected chi connectivity index (χ2v) is 5.80. The molecule has 0 aliphatic carbocycles. The summed E-state index contributed by atoms with van der Waals surface area (Å²) in [5.41, 5.74) is 1.06. The van der Waals surface area contributed by atoms with Crippen molar-refractivity contribution in [2.24, 2.45) is 5.41 Å². The third kappa shape index (κ3) is 4.78. The molecule has 1 aromatic carbocycles. The number of carbonyl (C=O) groups excluding carboxylic acids is 1. The summed E-state index contributed by atoms with van der Waals surface area (Å²) in [4.78, 5) is 11.9. The van der Waals surface area contributed by atoms with Gasteiger partial charge in [-0.2, -0.15) is 0 Å². The van der Waals surface area contributed by atoms with Crippen molar-refractivity contribution in [3.63, 3.8) is 0 Å². The fourth-order valence-corrected chi connectivity index (χ4v) is 1.77. The Morgan fingerprint density at radius 1 is 1.39 bits per heavy atom. The van der Waals surface area contributed by atoms with Crippen LogP contribution in [0.5, 0.6) is 5.75 Å². The normalized spacial score (nSPS) is 12.9. The summed E-state index contributed by atoms with van der Waals surface area (Å²) in [7, 11) is 1.64. The van der Waals surface area contributed by atoms with Crippen LogP contribution in [-0.4, -0.2) is 13.0 Å². The van der Waals surface area contributed by atoms with Crippen LogP contribution < -0.4 is 10.1 Å². The fourth-order valence-electron chi connectivity index (χ4n) is 1.77. The molecule has 1 rings (SSSR count). The lowest BCUT2D eigenvalue weighted by Gasteiger charge is -2.20. The third-order valence-electron chi connectivity index (χ3n) is 2.66. The maximum atomic E-state index is 11.9. The van der Waals surface area contributed by atoms with E-state index in [2.05, 4.69) is 26.1 Å². The van der Waals surface area contributed by atoms with Crippen LogP contribution in [0.15, 0.2) is 24.3 Å². The summed E-state index contributed by atoms with van der Waals surface area (Å²) in [6.07, 6.45) is 0.529. The van der Waals surface area contributed by atoms with Gasteiger partial charge in [-0.1, -0.05) is 32.9 Å². The molecule has 1 unspecified atom stereocenters. The van der Waals surface area contributed by atoms with E-state index in [0.29, 0.717) is 6.42 Å². The fraction of sp³-hybridized carbons (Fsp3) is 0.533. The zero-order valence-corrected chi connectivity index (χ0v) is 11.9. The van der Waals surface area contributed by atoms with Gasteiger partial charge in [-0.05, 0) is 30.0 Å². The predicted octanol–water partition coefficient (Wildman–Crippen LogP) is 3.31. The van der Waals surface area contributed by atoms with E-state index in [0.717, 1.165) is 11.3 Å². The van der Waals surface area contributed by atoms with Crippen molar-refractivity contribution in [3.8, 4) is 5.75 Å². The Morgan fingerprint density at radius 2 is 2.06 bits per heavy atom. The van der Waals surface area contributed by atoms with E-state index in [-0.39, 0.29) is 17.4 Å². The molecule has 1 aromatic rings. The summed E-state index contributed by atoms with van der Waals surface area (Å²) < 4.78 is 5.18. The van der Waals surface area contributed by atoms with Gasteiger partial charge in [0.1, 0.15) is 5.75 Å². The third-order valence-corrected chi connectivity index (χ3v) is 2.66. The van der Waals surface area contributed by atoms with Crippen molar-refractivity contribution >= 4 is 5.91 Å². The molecule has 3 heteroatoms. The number of hydrogen-bond donors (Lipinski definition) is 1. The van der Waals surface area contributed by atoms with E-state index < -0.39 is 0 Å². The first-order chi connectivity index (χ1) is 8.31. The Morgan fingerprint density at radius 3 is 2.61 bits per heavy atom. The topological polar surface area (TPSA) is 38.3 Å². The number of carbonyl (C=O) groups is 1. The zero-order valence-electron chi connectivity index (χ0n) is 11.9. The van der Waals surface area contributed by atoms with Gasteiger partial charge in [0.05, 0.1) is 13.2 Å². The van der Waals surface area contributed by atoms with Gasteiger partial charge >= 0.3 is 0 Å². The number of hydrogen-bond acceptors (Lipinski definition) is 2. The molecule has 1 amide bonds. The second-order valence-electron chi connectivity index (χ2n) is 5.80. The lowest BCUT2D eigenvalue weighted by Crippen LogP contribution is -2.29. The van der Waals surface area contributed by atoms with Crippen LogP contribution in [0.3, 0.4) is 0 Å². The van der Waals surface area contributed by atoms with E-state index in [1.54, 1.807) is 7.11 Å². The molecule has 0 saturated heterocycles. The molecule has 0 fully saturated rings. The second kappa shape index (κ2) is 5.89. The molecule has 0 saturated carbocycles. The van der Waals surface area contributed by atoms with Crippen molar-refractivity contribution in [2.75, 3.05) is 7.11 Å². The first-order valence-corrected chi connectivity index (χ1v) is 6.25. The highest BCUT2D eigenvalue weighted by Gasteiger charge is 2.17. The lowest BCUT2D eigenvalue weighted by atomic mass is 9.91. The highest BCUT2D eigenvalue weighted by atomic mass is 16.5. The average Bonchev–Trinajstić information content (AvgIpc) is 2.26. The molecule has 0 radical (unpaired) electrons. The van der Waals surface area contributed by atoms with Crippen molar-refractivity contribution in [1.29, 1.82) is 0 Å². The first kappa shape index (κ1) is 14.6. The molecule has 0 spiro atoms. The van der Waals surface area contributed by atoms with Crippen LogP contribution in [0.25, 0.3) is 0 Å². The van der Waals surface area contributed by atoms with Crippen LogP contribution in [0, 0.1) is 5.41 Å². The van der Waals surface area contributed by atoms with Gasteiger partial charge in [0.2, 0.25) is 5.91 Å². The summed E-state index contributed by atoms with van der Waals surface area (Å²) in [6.45, 7) is 8.16. The van der Waals surface area contributed by atoms with Gasteiger partial charge in [0.15, 0.2) is 0 Å². The lowest BCUT2D eigenvalue weighted by molar-refractivity contribution is -0.123. The van der Waals surface area contributed by atoms with Crippen molar-refractivity contribution < 1.29 is 9.53 Å².